The molecule has 0 radical (unpaired) electrons. The Morgan fingerprint density at radius 1 is 1.18 bits per heavy atom. The molecule has 0 saturated heterocycles. The fourth-order valence-corrected chi connectivity index (χ4v) is 1.27. The first kappa shape index (κ1) is 13.4. The molecule has 0 aromatic heterocycles. The third-order valence-corrected chi connectivity index (χ3v) is 2.21. The van der Waals surface area contributed by atoms with Crippen molar-refractivity contribution < 1.29 is 9.53 Å². The van der Waals surface area contributed by atoms with E-state index in [0.29, 0.717) is 19.7 Å². The van der Waals surface area contributed by atoms with Gasteiger partial charge in [0.1, 0.15) is 12.4 Å². The number of hydrogen-bond donors (Lipinski definition) is 2. The molecule has 1 rings (SSSR count). The lowest BCUT2D eigenvalue weighted by atomic mass is 10.2. The van der Waals surface area contributed by atoms with Crippen LogP contribution >= 0.6 is 0 Å². The molecule has 0 aliphatic rings. The van der Waals surface area contributed by atoms with Crippen LogP contribution in [0.3, 0.4) is 0 Å². The molecule has 2 N–H and O–H groups in total. The molecule has 1 aromatic carbocycles. The Labute approximate surface area is 102 Å². The Hall–Kier alpha value is -1.71. The van der Waals surface area contributed by atoms with Gasteiger partial charge >= 0.3 is 6.03 Å². The summed E-state index contributed by atoms with van der Waals surface area (Å²) in [5.41, 5.74) is 1.20. The summed E-state index contributed by atoms with van der Waals surface area (Å²) in [6, 6.07) is 7.70. The summed E-state index contributed by atoms with van der Waals surface area (Å²) in [5.74, 6) is 0.825. The van der Waals surface area contributed by atoms with Gasteiger partial charge in [0.05, 0.1) is 6.54 Å². The van der Waals surface area contributed by atoms with Crippen LogP contribution in [0.5, 0.6) is 5.75 Å². The number of amides is 2. The Morgan fingerprint density at radius 2 is 1.82 bits per heavy atom. The van der Waals surface area contributed by atoms with E-state index < -0.39 is 0 Å². The van der Waals surface area contributed by atoms with E-state index in [9.17, 15) is 4.79 Å². The van der Waals surface area contributed by atoms with Crippen molar-refractivity contribution in [1.82, 2.24) is 10.6 Å². The van der Waals surface area contributed by atoms with Crippen molar-refractivity contribution >= 4 is 6.03 Å². The van der Waals surface area contributed by atoms with Gasteiger partial charge in [0.25, 0.3) is 0 Å². The van der Waals surface area contributed by atoms with E-state index >= 15 is 0 Å². The van der Waals surface area contributed by atoms with Crippen LogP contribution in [0.4, 0.5) is 4.79 Å². The predicted octanol–water partition coefficient (Wildman–Crippen LogP) is 2.08. The van der Waals surface area contributed by atoms with E-state index in [-0.39, 0.29) is 6.03 Å². The van der Waals surface area contributed by atoms with Crippen molar-refractivity contribution in [1.29, 1.82) is 0 Å². The smallest absolute Gasteiger partial charge is 0.314 e. The molecule has 0 spiro atoms. The number of benzene rings is 1. The minimum absolute atomic E-state index is 0.139. The van der Waals surface area contributed by atoms with Crippen molar-refractivity contribution in [2.45, 2.75) is 20.3 Å². The second-order valence-corrected chi connectivity index (χ2v) is 3.84. The molecule has 1 aromatic rings. The highest BCUT2D eigenvalue weighted by Crippen LogP contribution is 2.10. The van der Waals surface area contributed by atoms with Gasteiger partial charge in [0, 0.05) is 6.54 Å². The summed E-state index contributed by atoms with van der Waals surface area (Å²) in [6.07, 6.45) is 0.938. The number of carbonyl (C=O) groups excluding carboxylic acids is 1. The third kappa shape index (κ3) is 5.80. The van der Waals surface area contributed by atoms with Crippen LogP contribution < -0.4 is 15.4 Å². The monoisotopic (exact) mass is 236 g/mol. The number of hydrogen-bond acceptors (Lipinski definition) is 2. The minimum atomic E-state index is -0.139. The molecule has 0 heterocycles. The van der Waals surface area contributed by atoms with Crippen molar-refractivity contribution in [3.05, 3.63) is 29.8 Å². The zero-order chi connectivity index (χ0) is 12.5. The number of nitrogens with one attached hydrogen (secondary N) is 2. The van der Waals surface area contributed by atoms with Gasteiger partial charge in [0.15, 0.2) is 0 Å². The van der Waals surface area contributed by atoms with Crippen molar-refractivity contribution in [2.24, 2.45) is 0 Å². The van der Waals surface area contributed by atoms with E-state index in [0.717, 1.165) is 12.2 Å². The number of rotatable bonds is 6. The lowest BCUT2D eigenvalue weighted by Crippen LogP contribution is -2.37. The summed E-state index contributed by atoms with van der Waals surface area (Å²) in [4.78, 5) is 11.2. The highest BCUT2D eigenvalue weighted by atomic mass is 16.5. The maximum absolute atomic E-state index is 11.2. The first-order valence-corrected chi connectivity index (χ1v) is 5.93. The number of ether oxygens (including phenoxy) is 1. The van der Waals surface area contributed by atoms with Gasteiger partial charge in [-0.25, -0.2) is 4.79 Å². The third-order valence-electron chi connectivity index (χ3n) is 2.21. The van der Waals surface area contributed by atoms with E-state index in [1.807, 2.05) is 38.1 Å². The molecule has 94 valence electrons. The summed E-state index contributed by atoms with van der Waals surface area (Å²) in [7, 11) is 0. The Morgan fingerprint density at radius 3 is 2.47 bits per heavy atom. The molecular formula is C13H20N2O2. The van der Waals surface area contributed by atoms with Crippen LogP contribution in [0.1, 0.15) is 18.9 Å². The van der Waals surface area contributed by atoms with Crippen LogP contribution in [0.2, 0.25) is 0 Å². The quantitative estimate of drug-likeness (QED) is 0.743. The SMILES string of the molecule is CCCNC(=O)NCCOc1ccc(C)cc1. The van der Waals surface area contributed by atoms with Gasteiger partial charge in [-0.1, -0.05) is 24.6 Å². The topological polar surface area (TPSA) is 50.4 Å². The molecule has 2 amide bonds. The molecule has 0 aliphatic carbocycles. The second-order valence-electron chi connectivity index (χ2n) is 3.84. The van der Waals surface area contributed by atoms with Gasteiger partial charge in [0.2, 0.25) is 0 Å². The highest BCUT2D eigenvalue weighted by Gasteiger charge is 1.97. The zero-order valence-electron chi connectivity index (χ0n) is 10.5. The molecule has 0 saturated carbocycles. The van der Waals surface area contributed by atoms with Crippen molar-refractivity contribution in [3.63, 3.8) is 0 Å². The van der Waals surface area contributed by atoms with Crippen LogP contribution in [0.25, 0.3) is 0 Å². The molecule has 4 heteroatoms. The molecular weight excluding hydrogens is 216 g/mol. The number of urea groups is 1. The van der Waals surface area contributed by atoms with E-state index in [1.54, 1.807) is 0 Å². The van der Waals surface area contributed by atoms with Crippen molar-refractivity contribution in [3.8, 4) is 5.75 Å². The first-order valence-electron chi connectivity index (χ1n) is 5.93. The molecule has 0 atom stereocenters. The largest absolute Gasteiger partial charge is 0.492 e. The Kier molecular flexibility index (Phi) is 5.93. The first-order chi connectivity index (χ1) is 8.22. The maximum Gasteiger partial charge on any atom is 0.314 e. The Bertz CT molecular complexity index is 336. The predicted molar refractivity (Wildman–Crippen MR) is 68.4 cm³/mol. The van der Waals surface area contributed by atoms with Gasteiger partial charge < -0.3 is 15.4 Å². The minimum Gasteiger partial charge on any atom is -0.492 e. The van der Waals surface area contributed by atoms with Crippen LogP contribution in [0, 0.1) is 6.92 Å². The average Bonchev–Trinajstić information content (AvgIpc) is 2.34. The van der Waals surface area contributed by atoms with E-state index in [2.05, 4.69) is 10.6 Å². The average molecular weight is 236 g/mol. The van der Waals surface area contributed by atoms with Gasteiger partial charge in [-0.3, -0.25) is 0 Å². The molecule has 17 heavy (non-hydrogen) atoms. The van der Waals surface area contributed by atoms with Crippen LogP contribution in [-0.4, -0.2) is 25.7 Å². The van der Waals surface area contributed by atoms with Gasteiger partial charge in [-0.15, -0.1) is 0 Å². The summed E-state index contributed by atoms with van der Waals surface area (Å²) in [6.45, 7) is 5.72. The molecule has 0 bridgehead atoms. The summed E-state index contributed by atoms with van der Waals surface area (Å²) in [5, 5.41) is 5.46. The maximum atomic E-state index is 11.2. The Balaban J connectivity index is 2.11. The highest BCUT2D eigenvalue weighted by molar-refractivity contribution is 5.73. The standard InChI is InChI=1S/C13H20N2O2/c1-3-8-14-13(16)15-9-10-17-12-6-4-11(2)5-7-12/h4-7H,3,8-10H2,1-2H3,(H2,14,15,16). The zero-order valence-corrected chi connectivity index (χ0v) is 10.5. The molecule has 0 fully saturated rings. The molecule has 4 nitrogen and oxygen atoms in total. The fourth-order valence-electron chi connectivity index (χ4n) is 1.27. The van der Waals surface area contributed by atoms with E-state index in [4.69, 9.17) is 4.74 Å². The molecule has 0 aliphatic heterocycles. The summed E-state index contributed by atoms with van der Waals surface area (Å²) >= 11 is 0. The van der Waals surface area contributed by atoms with Crippen LogP contribution in [0.15, 0.2) is 24.3 Å². The second kappa shape index (κ2) is 7.54. The number of carbonyl (C=O) groups is 1. The molecule has 0 unspecified atom stereocenters. The van der Waals surface area contributed by atoms with Gasteiger partial charge in [-0.05, 0) is 25.5 Å². The fraction of sp³-hybridized carbons (Fsp3) is 0.462. The van der Waals surface area contributed by atoms with E-state index in [1.165, 1.54) is 5.56 Å². The summed E-state index contributed by atoms with van der Waals surface area (Å²) < 4.78 is 5.47. The lowest BCUT2D eigenvalue weighted by molar-refractivity contribution is 0.236. The lowest BCUT2D eigenvalue weighted by Gasteiger charge is -2.08. The van der Waals surface area contributed by atoms with Crippen molar-refractivity contribution in [2.75, 3.05) is 19.7 Å². The van der Waals surface area contributed by atoms with Crippen LogP contribution in [-0.2, 0) is 0 Å². The van der Waals surface area contributed by atoms with Gasteiger partial charge in [-0.2, -0.15) is 0 Å². The normalized spacial score (nSPS) is 9.76. The number of aryl methyl sites for hydroxylation is 1.